The normalized spacial score (nSPS) is 30.2. The quantitative estimate of drug-likeness (QED) is 0.344. The van der Waals surface area contributed by atoms with E-state index in [-0.39, 0.29) is 6.42 Å². The van der Waals surface area contributed by atoms with Crippen LogP contribution >= 0.6 is 0 Å². The summed E-state index contributed by atoms with van der Waals surface area (Å²) in [5.41, 5.74) is 0. The highest BCUT2D eigenvalue weighted by molar-refractivity contribution is 5.85. The Kier molecular flexibility index (Phi) is 9.04. The van der Waals surface area contributed by atoms with Crippen LogP contribution < -0.4 is 0 Å². The second-order valence-electron chi connectivity index (χ2n) is 5.56. The highest BCUT2D eigenvalue weighted by Gasteiger charge is 2.32. The molecule has 134 valence electrons. The van der Waals surface area contributed by atoms with Crippen molar-refractivity contribution >= 4 is 11.9 Å². The van der Waals surface area contributed by atoms with Crippen molar-refractivity contribution in [3.8, 4) is 0 Å². The minimum atomic E-state index is -1.21. The lowest BCUT2D eigenvalue weighted by Crippen LogP contribution is -2.42. The third-order valence-corrected chi connectivity index (χ3v) is 3.56. The second-order valence-corrected chi connectivity index (χ2v) is 5.56. The van der Waals surface area contributed by atoms with Crippen molar-refractivity contribution in [3.05, 3.63) is 36.5 Å². The molecule has 4 atom stereocenters. The number of hydrogen-bond donors (Lipinski definition) is 2. The number of allylic oxidation sites excluding steroid dienone is 4. The van der Waals surface area contributed by atoms with Crippen LogP contribution in [0.3, 0.4) is 0 Å². The molecule has 0 radical (unpaired) electrons. The summed E-state index contributed by atoms with van der Waals surface area (Å²) in [5, 5.41) is 20.0. The molecule has 2 N–H and O–H groups in total. The van der Waals surface area contributed by atoms with E-state index in [0.29, 0.717) is 19.3 Å². The molecule has 0 bridgehead atoms. The van der Waals surface area contributed by atoms with E-state index in [2.05, 4.69) is 0 Å². The zero-order valence-corrected chi connectivity index (χ0v) is 14.1. The van der Waals surface area contributed by atoms with Gasteiger partial charge in [0.1, 0.15) is 18.3 Å². The minimum absolute atomic E-state index is 0.250. The third-order valence-electron chi connectivity index (χ3n) is 3.56. The number of aliphatic hydroxyl groups excluding tert-OH is 2. The van der Waals surface area contributed by atoms with Crippen LogP contribution in [0.5, 0.6) is 0 Å². The summed E-state index contributed by atoms with van der Waals surface area (Å²) < 4.78 is 10.4. The van der Waals surface area contributed by atoms with Gasteiger partial charge in [-0.2, -0.15) is 0 Å². The van der Waals surface area contributed by atoms with Crippen molar-refractivity contribution in [1.82, 2.24) is 0 Å². The fraction of sp³-hybridized carbons (Fsp3) is 0.556. The topological polar surface area (TPSA) is 93.1 Å². The average molecular weight is 338 g/mol. The fourth-order valence-corrected chi connectivity index (χ4v) is 2.28. The summed E-state index contributed by atoms with van der Waals surface area (Å²) in [4.78, 5) is 24.0. The van der Waals surface area contributed by atoms with Crippen LogP contribution in [0.25, 0.3) is 0 Å². The van der Waals surface area contributed by atoms with Gasteiger partial charge in [0, 0.05) is 6.08 Å². The number of carbonyl (C=O) groups is 2. The van der Waals surface area contributed by atoms with E-state index in [9.17, 15) is 19.8 Å². The lowest BCUT2D eigenvalue weighted by Gasteiger charge is -2.27. The van der Waals surface area contributed by atoms with E-state index in [1.54, 1.807) is 18.2 Å². The minimum Gasteiger partial charge on any atom is -0.457 e. The van der Waals surface area contributed by atoms with Gasteiger partial charge < -0.3 is 19.7 Å². The van der Waals surface area contributed by atoms with Gasteiger partial charge in [0.25, 0.3) is 0 Å². The summed E-state index contributed by atoms with van der Waals surface area (Å²) in [7, 11) is 0. The molecule has 0 aliphatic carbocycles. The summed E-state index contributed by atoms with van der Waals surface area (Å²) in [6.45, 7) is 3.69. The molecule has 6 nitrogen and oxygen atoms in total. The Hall–Kier alpha value is -1.92. The summed E-state index contributed by atoms with van der Waals surface area (Å²) in [6, 6.07) is 0. The number of cyclic esters (lactones) is 1. The highest BCUT2D eigenvalue weighted by atomic mass is 16.6. The van der Waals surface area contributed by atoms with Crippen molar-refractivity contribution in [1.29, 1.82) is 0 Å². The maximum absolute atomic E-state index is 12.3. The van der Waals surface area contributed by atoms with Crippen molar-refractivity contribution in [2.45, 2.75) is 63.9 Å². The molecular weight excluding hydrogens is 312 g/mol. The van der Waals surface area contributed by atoms with Crippen LogP contribution in [-0.4, -0.2) is 46.6 Å². The Bertz CT molecular complexity index is 494. The molecular formula is C18H26O6. The molecule has 1 aliphatic heterocycles. The molecule has 0 aromatic rings. The van der Waals surface area contributed by atoms with Crippen LogP contribution in [0.15, 0.2) is 36.5 Å². The predicted molar refractivity (Wildman–Crippen MR) is 89.0 cm³/mol. The monoisotopic (exact) mass is 338 g/mol. The van der Waals surface area contributed by atoms with Crippen LogP contribution in [0, 0.1) is 0 Å². The maximum atomic E-state index is 12.3. The molecule has 0 unspecified atom stereocenters. The van der Waals surface area contributed by atoms with Gasteiger partial charge in [0.15, 0.2) is 6.10 Å². The predicted octanol–water partition coefficient (Wildman–Crippen LogP) is 1.81. The molecule has 0 saturated carbocycles. The molecule has 1 aliphatic rings. The number of aliphatic hydroxyl groups is 2. The zero-order chi connectivity index (χ0) is 17.9. The standard InChI is InChI=1S/C18H26O6/c1-3-5-6-12-16(20)23-15-11-8-7-10-13(19)17(21)14(9-4-2)24-18(15)22/h3,5-7,10,12-15,17,19,21H,4,8-9,11H2,1-2H3/b5-3+,10-7+,12-6+/t13-,14+,15+,17-/m0/s1. The van der Waals surface area contributed by atoms with Crippen LogP contribution in [0.2, 0.25) is 0 Å². The Morgan fingerprint density at radius 2 is 2.17 bits per heavy atom. The molecule has 0 spiro atoms. The molecule has 1 rings (SSSR count). The number of hydrogen-bond acceptors (Lipinski definition) is 6. The first-order chi connectivity index (χ1) is 11.5. The summed E-state index contributed by atoms with van der Waals surface area (Å²) in [6.07, 6.45) is 6.83. The van der Waals surface area contributed by atoms with Crippen molar-refractivity contribution in [3.63, 3.8) is 0 Å². The Labute approximate surface area is 142 Å². The van der Waals surface area contributed by atoms with Gasteiger partial charge in [-0.25, -0.2) is 9.59 Å². The molecule has 24 heavy (non-hydrogen) atoms. The smallest absolute Gasteiger partial charge is 0.347 e. The lowest BCUT2D eigenvalue weighted by atomic mass is 10.0. The molecule has 0 aromatic heterocycles. The Morgan fingerprint density at radius 3 is 2.83 bits per heavy atom. The number of carbonyl (C=O) groups excluding carboxylic acids is 2. The first-order valence-electron chi connectivity index (χ1n) is 8.22. The van der Waals surface area contributed by atoms with Crippen molar-refractivity contribution < 1.29 is 29.3 Å². The van der Waals surface area contributed by atoms with Gasteiger partial charge >= 0.3 is 11.9 Å². The SMILES string of the molecule is C/C=C/C=C/C(=O)O[C@@H]1CC/C=C/[C@H](O)[C@H](O)[C@@H](CCC)OC1=O. The van der Waals surface area contributed by atoms with Gasteiger partial charge in [0.05, 0.1) is 0 Å². The van der Waals surface area contributed by atoms with Crippen molar-refractivity contribution in [2.75, 3.05) is 0 Å². The Morgan fingerprint density at radius 1 is 1.42 bits per heavy atom. The molecule has 0 saturated heterocycles. The van der Waals surface area contributed by atoms with Crippen LogP contribution in [0.1, 0.15) is 39.5 Å². The highest BCUT2D eigenvalue weighted by Crippen LogP contribution is 2.17. The third kappa shape index (κ3) is 6.68. The maximum Gasteiger partial charge on any atom is 0.347 e. The van der Waals surface area contributed by atoms with Gasteiger partial charge in [0.2, 0.25) is 0 Å². The molecule has 0 amide bonds. The second kappa shape index (κ2) is 10.8. The number of rotatable bonds is 5. The zero-order valence-electron chi connectivity index (χ0n) is 14.1. The van der Waals surface area contributed by atoms with E-state index in [1.165, 1.54) is 18.2 Å². The Balaban J connectivity index is 2.84. The summed E-state index contributed by atoms with van der Waals surface area (Å²) in [5.74, 6) is -1.34. The van der Waals surface area contributed by atoms with E-state index in [0.717, 1.165) is 0 Å². The van der Waals surface area contributed by atoms with Crippen LogP contribution in [-0.2, 0) is 19.1 Å². The fourth-order valence-electron chi connectivity index (χ4n) is 2.28. The molecule has 6 heteroatoms. The van der Waals surface area contributed by atoms with Gasteiger partial charge in [-0.15, -0.1) is 0 Å². The van der Waals surface area contributed by atoms with Gasteiger partial charge in [-0.1, -0.05) is 43.7 Å². The van der Waals surface area contributed by atoms with E-state index < -0.39 is 36.4 Å². The number of ether oxygens (including phenoxy) is 2. The lowest BCUT2D eigenvalue weighted by molar-refractivity contribution is -0.176. The van der Waals surface area contributed by atoms with Crippen LogP contribution in [0.4, 0.5) is 0 Å². The van der Waals surface area contributed by atoms with Gasteiger partial charge in [-0.05, 0) is 26.2 Å². The molecule has 1 heterocycles. The number of esters is 2. The van der Waals surface area contributed by atoms with E-state index >= 15 is 0 Å². The molecule has 0 fully saturated rings. The van der Waals surface area contributed by atoms with E-state index in [1.807, 2.05) is 13.8 Å². The largest absolute Gasteiger partial charge is 0.457 e. The summed E-state index contributed by atoms with van der Waals surface area (Å²) >= 11 is 0. The first kappa shape index (κ1) is 20.1. The van der Waals surface area contributed by atoms with Gasteiger partial charge in [-0.3, -0.25) is 0 Å². The van der Waals surface area contributed by atoms with Crippen molar-refractivity contribution in [2.24, 2.45) is 0 Å². The average Bonchev–Trinajstić information content (AvgIpc) is 2.55. The van der Waals surface area contributed by atoms with E-state index in [4.69, 9.17) is 9.47 Å². The first-order valence-corrected chi connectivity index (χ1v) is 8.22. The molecule has 0 aromatic carbocycles.